The Bertz CT molecular complexity index is 840. The molecule has 0 bridgehead atoms. The van der Waals surface area contributed by atoms with Crippen molar-refractivity contribution in [2.24, 2.45) is 0 Å². The molecule has 24 heavy (non-hydrogen) atoms. The van der Waals surface area contributed by atoms with Gasteiger partial charge in [0.15, 0.2) is 0 Å². The number of rotatable bonds is 5. The Morgan fingerprint density at radius 2 is 2.04 bits per heavy atom. The smallest absolute Gasteiger partial charge is 0.244 e. The summed E-state index contributed by atoms with van der Waals surface area (Å²) in [5.74, 6) is 1.72. The maximum atomic E-state index is 12.1. The van der Waals surface area contributed by atoms with Crippen molar-refractivity contribution in [3.05, 3.63) is 52.9 Å². The first-order valence-corrected chi connectivity index (χ1v) is 7.78. The van der Waals surface area contributed by atoms with E-state index in [0.29, 0.717) is 16.6 Å². The summed E-state index contributed by atoms with van der Waals surface area (Å²) < 4.78 is 5.49. The van der Waals surface area contributed by atoms with Crippen molar-refractivity contribution in [3.63, 3.8) is 0 Å². The summed E-state index contributed by atoms with van der Waals surface area (Å²) in [5.41, 5.74) is 0.783. The van der Waals surface area contributed by atoms with Gasteiger partial charge in [-0.05, 0) is 55.5 Å². The Hall–Kier alpha value is -2.67. The van der Waals surface area contributed by atoms with Gasteiger partial charge in [0, 0.05) is 10.6 Å². The Balaban J connectivity index is 1.62. The number of benzene rings is 1. The van der Waals surface area contributed by atoms with E-state index in [2.05, 4.69) is 20.7 Å². The fourth-order valence-corrected chi connectivity index (χ4v) is 2.32. The van der Waals surface area contributed by atoms with Crippen molar-refractivity contribution in [1.82, 2.24) is 25.5 Å². The van der Waals surface area contributed by atoms with Gasteiger partial charge in [0.1, 0.15) is 18.1 Å². The number of aryl methyl sites for hydroxylation is 1. The highest BCUT2D eigenvalue weighted by Crippen LogP contribution is 2.17. The van der Waals surface area contributed by atoms with Gasteiger partial charge in [-0.15, -0.1) is 10.2 Å². The van der Waals surface area contributed by atoms with Crippen LogP contribution in [0.2, 0.25) is 5.02 Å². The summed E-state index contributed by atoms with van der Waals surface area (Å²) >= 11 is 5.85. The molecule has 0 saturated heterocycles. The monoisotopic (exact) mass is 345 g/mol. The summed E-state index contributed by atoms with van der Waals surface area (Å²) in [6.45, 7) is 3.68. The molecule has 1 amide bonds. The second-order valence-corrected chi connectivity index (χ2v) is 5.82. The molecule has 0 aliphatic heterocycles. The minimum atomic E-state index is -0.231. The zero-order valence-corrected chi connectivity index (χ0v) is 14.0. The Labute approximate surface area is 143 Å². The van der Waals surface area contributed by atoms with Crippen LogP contribution in [0.4, 0.5) is 0 Å². The van der Waals surface area contributed by atoms with E-state index in [4.69, 9.17) is 16.0 Å². The number of carbonyl (C=O) groups is 1. The number of furan rings is 1. The molecule has 3 rings (SSSR count). The molecule has 0 aliphatic rings. The van der Waals surface area contributed by atoms with Crippen molar-refractivity contribution in [3.8, 4) is 11.4 Å². The van der Waals surface area contributed by atoms with Crippen LogP contribution >= 0.6 is 11.6 Å². The molecule has 0 fully saturated rings. The van der Waals surface area contributed by atoms with Crippen LogP contribution in [0.3, 0.4) is 0 Å². The standard InChI is InChI=1S/C16H16ClN5O2/c1-10-3-8-14(24-10)11(2)18-15(23)9-22-20-16(19-21-22)12-4-6-13(17)7-5-12/h3-8,11H,9H2,1-2H3,(H,18,23). The number of amides is 1. The van der Waals surface area contributed by atoms with E-state index in [0.717, 1.165) is 11.3 Å². The topological polar surface area (TPSA) is 85.8 Å². The van der Waals surface area contributed by atoms with Crippen LogP contribution in [0, 0.1) is 6.92 Å². The number of tetrazole rings is 1. The quantitative estimate of drug-likeness (QED) is 0.768. The lowest BCUT2D eigenvalue weighted by Crippen LogP contribution is -2.30. The third-order valence-electron chi connectivity index (χ3n) is 3.41. The van der Waals surface area contributed by atoms with Gasteiger partial charge in [0.05, 0.1) is 6.04 Å². The second kappa shape index (κ2) is 6.84. The Kier molecular flexibility index (Phi) is 4.61. The maximum absolute atomic E-state index is 12.1. The molecule has 1 atom stereocenters. The summed E-state index contributed by atoms with van der Waals surface area (Å²) in [4.78, 5) is 13.3. The number of nitrogens with zero attached hydrogens (tertiary/aromatic N) is 4. The number of carbonyl (C=O) groups excluding carboxylic acids is 1. The largest absolute Gasteiger partial charge is 0.464 e. The van der Waals surface area contributed by atoms with Gasteiger partial charge in [-0.2, -0.15) is 4.80 Å². The molecule has 1 aromatic carbocycles. The number of hydrogen-bond acceptors (Lipinski definition) is 5. The van der Waals surface area contributed by atoms with E-state index in [1.807, 2.05) is 26.0 Å². The fraction of sp³-hybridized carbons (Fsp3) is 0.250. The van der Waals surface area contributed by atoms with Crippen LogP contribution in [0.5, 0.6) is 0 Å². The van der Waals surface area contributed by atoms with E-state index in [1.165, 1.54) is 4.80 Å². The van der Waals surface area contributed by atoms with E-state index < -0.39 is 0 Å². The summed E-state index contributed by atoms with van der Waals surface area (Å²) in [5, 5.41) is 15.5. The second-order valence-electron chi connectivity index (χ2n) is 5.39. The molecule has 1 unspecified atom stereocenters. The molecule has 8 heteroatoms. The van der Waals surface area contributed by atoms with Gasteiger partial charge in [-0.25, -0.2) is 0 Å². The summed E-state index contributed by atoms with van der Waals surface area (Å²) in [6.07, 6.45) is 0. The van der Waals surface area contributed by atoms with Gasteiger partial charge in [0.2, 0.25) is 11.7 Å². The first-order chi connectivity index (χ1) is 11.5. The number of halogens is 1. The van der Waals surface area contributed by atoms with Crippen LogP contribution in [-0.2, 0) is 11.3 Å². The molecular formula is C16H16ClN5O2. The highest BCUT2D eigenvalue weighted by Gasteiger charge is 2.14. The minimum absolute atomic E-state index is 0.0232. The molecular weight excluding hydrogens is 330 g/mol. The zero-order chi connectivity index (χ0) is 17.1. The van der Waals surface area contributed by atoms with Crippen molar-refractivity contribution in [2.75, 3.05) is 0 Å². The van der Waals surface area contributed by atoms with Crippen molar-refractivity contribution in [1.29, 1.82) is 0 Å². The molecule has 7 nitrogen and oxygen atoms in total. The average molecular weight is 346 g/mol. The molecule has 0 saturated carbocycles. The molecule has 2 heterocycles. The van der Waals surface area contributed by atoms with E-state index in [-0.39, 0.29) is 18.5 Å². The fourth-order valence-electron chi connectivity index (χ4n) is 2.20. The highest BCUT2D eigenvalue weighted by molar-refractivity contribution is 6.30. The molecule has 124 valence electrons. The first-order valence-electron chi connectivity index (χ1n) is 7.41. The van der Waals surface area contributed by atoms with Crippen LogP contribution in [0.25, 0.3) is 11.4 Å². The van der Waals surface area contributed by atoms with Crippen LogP contribution in [-0.4, -0.2) is 26.1 Å². The van der Waals surface area contributed by atoms with Crippen LogP contribution in [0.15, 0.2) is 40.8 Å². The van der Waals surface area contributed by atoms with Gasteiger partial charge in [0.25, 0.3) is 0 Å². The Morgan fingerprint density at radius 3 is 2.71 bits per heavy atom. The first kappa shape index (κ1) is 16.2. The van der Waals surface area contributed by atoms with Crippen molar-refractivity contribution in [2.45, 2.75) is 26.4 Å². The molecule has 0 radical (unpaired) electrons. The lowest BCUT2D eigenvalue weighted by molar-refractivity contribution is -0.122. The van der Waals surface area contributed by atoms with Gasteiger partial charge in [-0.1, -0.05) is 11.6 Å². The van der Waals surface area contributed by atoms with Crippen LogP contribution < -0.4 is 5.32 Å². The third-order valence-corrected chi connectivity index (χ3v) is 3.66. The lowest BCUT2D eigenvalue weighted by Gasteiger charge is -2.10. The SMILES string of the molecule is Cc1ccc(C(C)NC(=O)Cn2nnc(-c3ccc(Cl)cc3)n2)o1. The normalized spacial score (nSPS) is 12.1. The number of aromatic nitrogens is 4. The predicted molar refractivity (Wildman–Crippen MR) is 88.3 cm³/mol. The molecule has 0 spiro atoms. The molecule has 3 aromatic rings. The van der Waals surface area contributed by atoms with E-state index in [9.17, 15) is 4.79 Å². The average Bonchev–Trinajstić information content (AvgIpc) is 3.17. The summed E-state index contributed by atoms with van der Waals surface area (Å²) in [7, 11) is 0. The van der Waals surface area contributed by atoms with Gasteiger partial charge >= 0.3 is 0 Å². The molecule has 2 aromatic heterocycles. The number of nitrogens with one attached hydrogen (secondary N) is 1. The zero-order valence-electron chi connectivity index (χ0n) is 13.2. The Morgan fingerprint density at radius 1 is 1.29 bits per heavy atom. The maximum Gasteiger partial charge on any atom is 0.244 e. The van der Waals surface area contributed by atoms with Crippen LogP contribution in [0.1, 0.15) is 24.5 Å². The highest BCUT2D eigenvalue weighted by atomic mass is 35.5. The van der Waals surface area contributed by atoms with E-state index >= 15 is 0 Å². The predicted octanol–water partition coefficient (Wildman–Crippen LogP) is 2.77. The minimum Gasteiger partial charge on any atom is -0.464 e. The van der Waals surface area contributed by atoms with E-state index in [1.54, 1.807) is 24.3 Å². The van der Waals surface area contributed by atoms with Crippen molar-refractivity contribution >= 4 is 17.5 Å². The third kappa shape index (κ3) is 3.80. The lowest BCUT2D eigenvalue weighted by atomic mass is 10.2. The molecule has 0 aliphatic carbocycles. The van der Waals surface area contributed by atoms with Gasteiger partial charge in [-0.3, -0.25) is 4.79 Å². The summed E-state index contributed by atoms with van der Waals surface area (Å²) in [6, 6.07) is 10.6. The molecule has 1 N–H and O–H groups in total. The van der Waals surface area contributed by atoms with Crippen molar-refractivity contribution < 1.29 is 9.21 Å². The van der Waals surface area contributed by atoms with Gasteiger partial charge < -0.3 is 9.73 Å². The number of hydrogen-bond donors (Lipinski definition) is 1.